The molecule has 0 aromatic carbocycles. The van der Waals surface area contributed by atoms with Gasteiger partial charge in [0.25, 0.3) is 0 Å². The first-order valence-corrected chi connectivity index (χ1v) is 6.97. The number of pyridine rings is 1. The molecule has 2 rings (SSSR count). The molecule has 3 N–H and O–H groups in total. The molecule has 0 spiro atoms. The number of aliphatic hydroxyl groups excluding tert-OH is 1. The molecule has 23 heavy (non-hydrogen) atoms. The molecule has 1 aliphatic rings. The second kappa shape index (κ2) is 6.70. The highest BCUT2D eigenvalue weighted by atomic mass is 19.4. The summed E-state index contributed by atoms with van der Waals surface area (Å²) in [4.78, 5) is 3.81. The minimum absolute atomic E-state index is 0.00170. The van der Waals surface area contributed by atoms with E-state index in [2.05, 4.69) is 15.6 Å². The highest BCUT2D eigenvalue weighted by Crippen LogP contribution is 2.31. The lowest BCUT2D eigenvalue weighted by molar-refractivity contribution is -0.137. The van der Waals surface area contributed by atoms with Crippen LogP contribution in [0.5, 0.6) is 0 Å². The number of halogens is 3. The lowest BCUT2D eigenvalue weighted by Gasteiger charge is -2.40. The number of nitrogens with zero attached hydrogens (tertiary/aromatic N) is 2. The van der Waals surface area contributed by atoms with Gasteiger partial charge in [0.05, 0.1) is 30.9 Å². The zero-order valence-electron chi connectivity index (χ0n) is 12.4. The van der Waals surface area contributed by atoms with Crippen LogP contribution < -0.4 is 10.6 Å². The first kappa shape index (κ1) is 17.5. The Bertz CT molecular complexity index is 603. The molecular formula is C14H17F3N4O2. The maximum Gasteiger partial charge on any atom is 0.416 e. The lowest BCUT2D eigenvalue weighted by Crippen LogP contribution is -2.63. The van der Waals surface area contributed by atoms with Gasteiger partial charge in [0.2, 0.25) is 0 Å². The number of hydrogen-bond donors (Lipinski definition) is 3. The first-order valence-electron chi connectivity index (χ1n) is 6.97. The van der Waals surface area contributed by atoms with Crippen molar-refractivity contribution >= 4 is 5.82 Å². The molecule has 0 radical (unpaired) electrons. The molecule has 0 bridgehead atoms. The number of aliphatic hydroxyl groups is 1. The Morgan fingerprint density at radius 3 is 2.87 bits per heavy atom. The van der Waals surface area contributed by atoms with Crippen molar-refractivity contribution in [3.05, 3.63) is 23.4 Å². The Labute approximate surface area is 131 Å². The van der Waals surface area contributed by atoms with Gasteiger partial charge in [-0.3, -0.25) is 0 Å². The molecule has 2 heterocycles. The average Bonchev–Trinajstić information content (AvgIpc) is 2.52. The third-order valence-electron chi connectivity index (χ3n) is 3.48. The van der Waals surface area contributed by atoms with Crippen molar-refractivity contribution in [2.75, 3.05) is 31.7 Å². The van der Waals surface area contributed by atoms with Crippen LogP contribution in [0.1, 0.15) is 18.2 Å². The Hall–Kier alpha value is -1.89. The number of rotatable bonds is 4. The summed E-state index contributed by atoms with van der Waals surface area (Å²) in [5.41, 5.74) is -2.10. The summed E-state index contributed by atoms with van der Waals surface area (Å²) in [6.07, 6.45) is -4.57. The number of ether oxygens (including phenoxy) is 1. The van der Waals surface area contributed by atoms with Crippen LogP contribution in [0.25, 0.3) is 0 Å². The highest BCUT2D eigenvalue weighted by molar-refractivity contribution is 5.44. The van der Waals surface area contributed by atoms with Crippen LogP contribution in [0.15, 0.2) is 12.1 Å². The van der Waals surface area contributed by atoms with E-state index in [1.54, 1.807) is 6.07 Å². The second-order valence-electron chi connectivity index (χ2n) is 5.59. The number of nitrogens with one attached hydrogen (secondary N) is 2. The van der Waals surface area contributed by atoms with Crippen molar-refractivity contribution in [3.8, 4) is 6.07 Å². The third kappa shape index (κ3) is 4.31. The maximum absolute atomic E-state index is 12.8. The van der Waals surface area contributed by atoms with E-state index in [1.165, 1.54) is 0 Å². The molecule has 0 aliphatic carbocycles. The Kier molecular flexibility index (Phi) is 5.09. The van der Waals surface area contributed by atoms with E-state index in [0.29, 0.717) is 12.7 Å². The number of nitriles is 1. The molecule has 0 amide bonds. The molecule has 0 unspecified atom stereocenters. The van der Waals surface area contributed by atoms with E-state index < -0.39 is 17.3 Å². The SMILES string of the molecule is C[C@@H]1COC[C@@](CO)(CNc2cc(C(F)(F)F)cc(C#N)n2)N1. The summed E-state index contributed by atoms with van der Waals surface area (Å²) >= 11 is 0. The van der Waals surface area contributed by atoms with Crippen LogP contribution in [-0.4, -0.2) is 48.0 Å². The first-order chi connectivity index (χ1) is 10.8. The minimum Gasteiger partial charge on any atom is -0.394 e. The van der Waals surface area contributed by atoms with E-state index in [-0.39, 0.29) is 37.3 Å². The zero-order valence-corrected chi connectivity index (χ0v) is 12.4. The van der Waals surface area contributed by atoms with Crippen LogP contribution in [0, 0.1) is 11.3 Å². The molecule has 1 aromatic rings. The Morgan fingerprint density at radius 2 is 2.30 bits per heavy atom. The van der Waals surface area contributed by atoms with Crippen LogP contribution >= 0.6 is 0 Å². The van der Waals surface area contributed by atoms with Gasteiger partial charge >= 0.3 is 6.18 Å². The van der Waals surface area contributed by atoms with Crippen LogP contribution in [0.2, 0.25) is 0 Å². The van der Waals surface area contributed by atoms with E-state index in [9.17, 15) is 18.3 Å². The van der Waals surface area contributed by atoms with Crippen molar-refractivity contribution in [2.24, 2.45) is 0 Å². The quantitative estimate of drug-likeness (QED) is 0.767. The maximum atomic E-state index is 12.8. The van der Waals surface area contributed by atoms with Crippen molar-refractivity contribution in [2.45, 2.75) is 24.7 Å². The summed E-state index contributed by atoms with van der Waals surface area (Å²) < 4.78 is 43.9. The largest absolute Gasteiger partial charge is 0.416 e. The van der Waals surface area contributed by atoms with Crippen LogP contribution in [0.4, 0.5) is 19.0 Å². The normalized spacial score (nSPS) is 25.0. The summed E-state index contributed by atoms with van der Waals surface area (Å²) in [6, 6.07) is 3.13. The summed E-state index contributed by atoms with van der Waals surface area (Å²) in [6.45, 7) is 2.42. The van der Waals surface area contributed by atoms with Crippen molar-refractivity contribution in [3.63, 3.8) is 0 Å². The van der Waals surface area contributed by atoms with Gasteiger partial charge in [-0.05, 0) is 19.1 Å². The van der Waals surface area contributed by atoms with Gasteiger partial charge < -0.3 is 20.5 Å². The molecule has 2 atom stereocenters. The van der Waals surface area contributed by atoms with Gasteiger partial charge in [-0.2, -0.15) is 18.4 Å². The number of hydrogen-bond acceptors (Lipinski definition) is 6. The molecule has 1 fully saturated rings. The van der Waals surface area contributed by atoms with E-state index in [1.807, 2.05) is 6.92 Å². The van der Waals surface area contributed by atoms with Gasteiger partial charge in [0.1, 0.15) is 17.6 Å². The minimum atomic E-state index is -4.57. The predicted molar refractivity (Wildman–Crippen MR) is 75.7 cm³/mol. The summed E-state index contributed by atoms with van der Waals surface area (Å²) in [5, 5.41) is 24.3. The Balaban J connectivity index is 2.18. The van der Waals surface area contributed by atoms with Crippen molar-refractivity contribution < 1.29 is 23.0 Å². The monoisotopic (exact) mass is 330 g/mol. The molecule has 1 aromatic heterocycles. The standard InChI is InChI=1S/C14H17F3N4O2/c1-9-5-23-8-13(7-22,21-9)6-19-12-3-10(14(15,16)17)2-11(4-18)20-12/h2-3,9,21-22H,5-8H2,1H3,(H,19,20)/t9-,13+/m1/s1. The van der Waals surface area contributed by atoms with Crippen LogP contribution in [0.3, 0.4) is 0 Å². The smallest absolute Gasteiger partial charge is 0.394 e. The van der Waals surface area contributed by atoms with Gasteiger partial charge in [-0.15, -0.1) is 0 Å². The van der Waals surface area contributed by atoms with Gasteiger partial charge in [-0.1, -0.05) is 0 Å². The molecule has 126 valence electrons. The number of alkyl halides is 3. The molecule has 1 saturated heterocycles. The zero-order chi connectivity index (χ0) is 17.1. The predicted octanol–water partition coefficient (Wildman–Crippen LogP) is 1.12. The van der Waals surface area contributed by atoms with Crippen molar-refractivity contribution in [1.82, 2.24) is 10.3 Å². The van der Waals surface area contributed by atoms with Gasteiger partial charge in [-0.25, -0.2) is 4.98 Å². The molecule has 9 heteroatoms. The molecule has 6 nitrogen and oxygen atoms in total. The van der Waals surface area contributed by atoms with Gasteiger partial charge in [0.15, 0.2) is 0 Å². The molecular weight excluding hydrogens is 313 g/mol. The average molecular weight is 330 g/mol. The highest BCUT2D eigenvalue weighted by Gasteiger charge is 2.35. The summed E-state index contributed by atoms with van der Waals surface area (Å²) in [5.74, 6) is -0.0794. The fraction of sp³-hybridized carbons (Fsp3) is 0.571. The number of anilines is 1. The number of morpholine rings is 1. The Morgan fingerprint density at radius 1 is 1.57 bits per heavy atom. The lowest BCUT2D eigenvalue weighted by atomic mass is 9.98. The molecule has 1 aliphatic heterocycles. The fourth-order valence-electron chi connectivity index (χ4n) is 2.39. The number of aromatic nitrogens is 1. The third-order valence-corrected chi connectivity index (χ3v) is 3.48. The topological polar surface area (TPSA) is 90.2 Å². The summed E-state index contributed by atoms with van der Waals surface area (Å²) in [7, 11) is 0. The fourth-order valence-corrected chi connectivity index (χ4v) is 2.39. The second-order valence-corrected chi connectivity index (χ2v) is 5.59. The van der Waals surface area contributed by atoms with Crippen LogP contribution in [-0.2, 0) is 10.9 Å². The van der Waals surface area contributed by atoms with E-state index in [4.69, 9.17) is 10.00 Å². The molecule has 0 saturated carbocycles. The van der Waals surface area contributed by atoms with E-state index >= 15 is 0 Å². The van der Waals surface area contributed by atoms with E-state index in [0.717, 1.165) is 6.07 Å². The van der Waals surface area contributed by atoms with Gasteiger partial charge in [0, 0.05) is 12.6 Å². The van der Waals surface area contributed by atoms with Crippen molar-refractivity contribution in [1.29, 1.82) is 5.26 Å².